The fourth-order valence-electron chi connectivity index (χ4n) is 0.958. The molecule has 0 spiro atoms. The van der Waals surface area contributed by atoms with Crippen LogP contribution in [0.2, 0.25) is 0 Å². The molecule has 1 rings (SSSR count). The Balaban J connectivity index is 2.93. The van der Waals surface area contributed by atoms with Gasteiger partial charge in [0.1, 0.15) is 5.82 Å². The number of hydrogen-bond donors (Lipinski definition) is 0. The summed E-state index contributed by atoms with van der Waals surface area (Å²) in [5.74, 6) is -0.658. The van der Waals surface area contributed by atoms with Crippen molar-refractivity contribution >= 4 is 0 Å². The van der Waals surface area contributed by atoms with Gasteiger partial charge < -0.3 is 0 Å². The molecule has 2 heteroatoms. The average molecular weight is 156 g/mol. The number of alkyl halides is 1. The fraction of sp³-hybridized carbons (Fsp3) is 0.333. The van der Waals surface area contributed by atoms with Crippen LogP contribution < -0.4 is 0 Å². The molecule has 1 aromatic rings. The van der Waals surface area contributed by atoms with Crippen LogP contribution in [0.3, 0.4) is 0 Å². The number of hydrogen-bond acceptors (Lipinski definition) is 0. The minimum atomic E-state index is -0.513. The molecular weight excluding hydrogens is 146 g/mol. The van der Waals surface area contributed by atoms with E-state index in [1.54, 1.807) is 25.1 Å². The first-order valence-corrected chi connectivity index (χ1v) is 3.56. The Labute approximate surface area is 64.9 Å². The molecule has 0 amide bonds. The second-order valence-corrected chi connectivity index (χ2v) is 2.58. The molecule has 0 saturated heterocycles. The van der Waals surface area contributed by atoms with Gasteiger partial charge in [-0.25, -0.2) is 4.39 Å². The lowest BCUT2D eigenvalue weighted by Gasteiger charge is -2.06. The van der Waals surface area contributed by atoms with Gasteiger partial charge in [-0.05, 0) is 11.6 Å². The third-order valence-corrected chi connectivity index (χ3v) is 1.67. The minimum absolute atomic E-state index is 0.322. The van der Waals surface area contributed by atoms with E-state index in [9.17, 15) is 8.78 Å². The Morgan fingerprint density at radius 3 is 2.55 bits per heavy atom. The van der Waals surface area contributed by atoms with E-state index in [0.717, 1.165) is 0 Å². The van der Waals surface area contributed by atoms with E-state index in [4.69, 9.17) is 0 Å². The molecule has 0 bridgehead atoms. The van der Waals surface area contributed by atoms with Gasteiger partial charge in [-0.2, -0.15) is 0 Å². The summed E-state index contributed by atoms with van der Waals surface area (Å²) in [7, 11) is 0. The molecule has 0 fully saturated rings. The lowest BCUT2D eigenvalue weighted by Crippen LogP contribution is -1.98. The molecule has 0 saturated carbocycles. The molecule has 0 heterocycles. The Kier molecular flexibility index (Phi) is 2.58. The zero-order valence-electron chi connectivity index (χ0n) is 6.35. The fourth-order valence-corrected chi connectivity index (χ4v) is 0.958. The maximum atomic E-state index is 12.9. The number of benzene rings is 1. The van der Waals surface area contributed by atoms with Crippen LogP contribution in [0, 0.1) is 5.82 Å². The van der Waals surface area contributed by atoms with Gasteiger partial charge in [-0.1, -0.05) is 25.1 Å². The topological polar surface area (TPSA) is 0 Å². The monoisotopic (exact) mass is 156 g/mol. The first-order valence-electron chi connectivity index (χ1n) is 3.56. The second kappa shape index (κ2) is 3.46. The van der Waals surface area contributed by atoms with Gasteiger partial charge in [-0.3, -0.25) is 4.39 Å². The SMILES string of the molecule is CC(CF)c1ccccc1F. The first-order chi connectivity index (χ1) is 5.25. The highest BCUT2D eigenvalue weighted by atomic mass is 19.1. The molecule has 0 aliphatic carbocycles. The van der Waals surface area contributed by atoms with Crippen molar-refractivity contribution in [3.63, 3.8) is 0 Å². The van der Waals surface area contributed by atoms with E-state index in [2.05, 4.69) is 0 Å². The summed E-state index contributed by atoms with van der Waals surface area (Å²) in [5, 5.41) is 0. The van der Waals surface area contributed by atoms with Crippen molar-refractivity contribution in [2.45, 2.75) is 12.8 Å². The van der Waals surface area contributed by atoms with Crippen molar-refractivity contribution in [2.24, 2.45) is 0 Å². The van der Waals surface area contributed by atoms with Crippen LogP contribution >= 0.6 is 0 Å². The number of rotatable bonds is 2. The van der Waals surface area contributed by atoms with Gasteiger partial charge in [0, 0.05) is 5.92 Å². The van der Waals surface area contributed by atoms with E-state index in [1.165, 1.54) is 6.07 Å². The molecular formula is C9H10F2. The zero-order chi connectivity index (χ0) is 8.27. The zero-order valence-corrected chi connectivity index (χ0v) is 6.35. The lowest BCUT2D eigenvalue weighted by molar-refractivity contribution is 0.437. The Hall–Kier alpha value is -0.920. The maximum Gasteiger partial charge on any atom is 0.126 e. The molecule has 0 aromatic heterocycles. The second-order valence-electron chi connectivity index (χ2n) is 2.58. The van der Waals surface area contributed by atoms with E-state index in [-0.39, 0.29) is 11.7 Å². The van der Waals surface area contributed by atoms with E-state index in [0.29, 0.717) is 5.56 Å². The summed E-state index contributed by atoms with van der Waals surface area (Å²) in [5.41, 5.74) is 0.454. The van der Waals surface area contributed by atoms with Gasteiger partial charge in [0.05, 0.1) is 6.67 Å². The van der Waals surface area contributed by atoms with Crippen LogP contribution in [-0.4, -0.2) is 6.67 Å². The molecule has 0 aliphatic rings. The standard InChI is InChI=1S/C9H10F2/c1-7(6-10)8-4-2-3-5-9(8)11/h2-5,7H,6H2,1H3. The van der Waals surface area contributed by atoms with Crippen LogP contribution in [0.1, 0.15) is 18.4 Å². The van der Waals surface area contributed by atoms with Crippen LogP contribution in [0.5, 0.6) is 0 Å². The Morgan fingerprint density at radius 2 is 2.00 bits per heavy atom. The predicted molar refractivity (Wildman–Crippen MR) is 40.8 cm³/mol. The molecule has 0 N–H and O–H groups in total. The quantitative estimate of drug-likeness (QED) is 0.617. The van der Waals surface area contributed by atoms with Crippen molar-refractivity contribution in [2.75, 3.05) is 6.67 Å². The van der Waals surface area contributed by atoms with Gasteiger partial charge in [-0.15, -0.1) is 0 Å². The molecule has 60 valence electrons. The highest BCUT2D eigenvalue weighted by Crippen LogP contribution is 2.18. The van der Waals surface area contributed by atoms with Gasteiger partial charge in [0.2, 0.25) is 0 Å². The van der Waals surface area contributed by atoms with E-state index < -0.39 is 6.67 Å². The summed E-state index contributed by atoms with van der Waals surface area (Å²) >= 11 is 0. The third kappa shape index (κ3) is 1.76. The maximum absolute atomic E-state index is 12.9. The molecule has 0 nitrogen and oxygen atoms in total. The third-order valence-electron chi connectivity index (χ3n) is 1.67. The van der Waals surface area contributed by atoms with Crippen molar-refractivity contribution in [1.29, 1.82) is 0 Å². The largest absolute Gasteiger partial charge is 0.250 e. The highest BCUT2D eigenvalue weighted by Gasteiger charge is 2.08. The van der Waals surface area contributed by atoms with Gasteiger partial charge >= 0.3 is 0 Å². The molecule has 0 aliphatic heterocycles. The summed E-state index contributed by atoms with van der Waals surface area (Å²) in [6.07, 6.45) is 0. The summed E-state index contributed by atoms with van der Waals surface area (Å²) < 4.78 is 24.9. The summed E-state index contributed by atoms with van der Waals surface area (Å²) in [6, 6.07) is 6.27. The summed E-state index contributed by atoms with van der Waals surface area (Å²) in [4.78, 5) is 0. The van der Waals surface area contributed by atoms with Gasteiger partial charge in [0.25, 0.3) is 0 Å². The predicted octanol–water partition coefficient (Wildman–Crippen LogP) is 2.90. The van der Waals surface area contributed by atoms with E-state index >= 15 is 0 Å². The van der Waals surface area contributed by atoms with Crippen LogP contribution in [-0.2, 0) is 0 Å². The summed E-state index contributed by atoms with van der Waals surface area (Å²) in [6.45, 7) is 1.15. The first kappa shape index (κ1) is 8.18. The van der Waals surface area contributed by atoms with Gasteiger partial charge in [0.15, 0.2) is 0 Å². The number of halogens is 2. The Bertz CT molecular complexity index is 233. The van der Waals surface area contributed by atoms with Crippen LogP contribution in [0.4, 0.5) is 8.78 Å². The molecule has 1 unspecified atom stereocenters. The molecule has 11 heavy (non-hydrogen) atoms. The lowest BCUT2D eigenvalue weighted by atomic mass is 10.0. The van der Waals surface area contributed by atoms with Crippen molar-refractivity contribution in [3.05, 3.63) is 35.6 Å². The van der Waals surface area contributed by atoms with Crippen LogP contribution in [0.15, 0.2) is 24.3 Å². The highest BCUT2D eigenvalue weighted by molar-refractivity contribution is 5.20. The molecule has 0 radical (unpaired) electrons. The molecule has 1 aromatic carbocycles. The van der Waals surface area contributed by atoms with E-state index in [1.807, 2.05) is 0 Å². The smallest absolute Gasteiger partial charge is 0.126 e. The van der Waals surface area contributed by atoms with Crippen LogP contribution in [0.25, 0.3) is 0 Å². The normalized spacial score (nSPS) is 13.0. The van der Waals surface area contributed by atoms with Crippen molar-refractivity contribution < 1.29 is 8.78 Å². The Morgan fingerprint density at radius 1 is 1.36 bits per heavy atom. The molecule has 1 atom stereocenters. The van der Waals surface area contributed by atoms with Crippen molar-refractivity contribution in [3.8, 4) is 0 Å². The average Bonchev–Trinajstić information content (AvgIpc) is 2.04. The van der Waals surface area contributed by atoms with Crippen molar-refractivity contribution in [1.82, 2.24) is 0 Å². The minimum Gasteiger partial charge on any atom is -0.250 e.